The number of benzene rings is 1. The van der Waals surface area contributed by atoms with Crippen LogP contribution in [0.1, 0.15) is 22.9 Å². The molecule has 0 spiro atoms. The van der Waals surface area contributed by atoms with Crippen molar-refractivity contribution in [2.45, 2.75) is 25.3 Å². The Hall–Kier alpha value is -1.93. The zero-order valence-electron chi connectivity index (χ0n) is 11.2. The smallest absolute Gasteiger partial charge is 0.213 e. The van der Waals surface area contributed by atoms with E-state index in [1.165, 1.54) is 0 Å². The minimum Gasteiger partial charge on any atom is -0.444 e. The van der Waals surface area contributed by atoms with E-state index in [1.807, 2.05) is 38.3 Å². The molecule has 1 heterocycles. The number of thioether (sulfide) groups is 1. The number of nitrogens with one attached hydrogen (secondary N) is 1. The van der Waals surface area contributed by atoms with Crippen molar-refractivity contribution < 1.29 is 4.42 Å². The second-order valence-corrected chi connectivity index (χ2v) is 4.95. The number of rotatable bonds is 4. The van der Waals surface area contributed by atoms with Crippen molar-refractivity contribution in [1.82, 2.24) is 4.98 Å². The average Bonchev–Trinajstić information content (AvgIpc) is 2.74. The fraction of sp³-hybridized carbons (Fsp3) is 0.286. The van der Waals surface area contributed by atoms with Gasteiger partial charge < -0.3 is 9.73 Å². The summed E-state index contributed by atoms with van der Waals surface area (Å²) in [7, 11) is 0. The summed E-state index contributed by atoms with van der Waals surface area (Å²) in [4.78, 5) is 5.27. The molecule has 98 valence electrons. The van der Waals surface area contributed by atoms with Crippen molar-refractivity contribution in [2.24, 2.45) is 0 Å². The Kier molecular flexibility index (Phi) is 4.13. The normalized spacial score (nSPS) is 10.2. The first-order valence-electron chi connectivity index (χ1n) is 5.89. The predicted octanol–water partition coefficient (Wildman–Crippen LogP) is 3.50. The van der Waals surface area contributed by atoms with E-state index in [1.54, 1.807) is 11.8 Å². The quantitative estimate of drug-likeness (QED) is 0.864. The Bertz CT molecular complexity index is 609. The number of nitrogens with zero attached hydrogens (tertiary/aromatic N) is 2. The lowest BCUT2D eigenvalue weighted by atomic mass is 10.2. The van der Waals surface area contributed by atoms with Gasteiger partial charge in [0.2, 0.25) is 5.89 Å². The number of aromatic nitrogens is 1. The highest BCUT2D eigenvalue weighted by Crippen LogP contribution is 2.26. The largest absolute Gasteiger partial charge is 0.444 e. The molecular formula is C14H15N3OS. The van der Waals surface area contributed by atoms with Gasteiger partial charge in [-0.2, -0.15) is 5.26 Å². The third-order valence-corrected chi connectivity index (χ3v) is 3.64. The van der Waals surface area contributed by atoms with Crippen LogP contribution in [0.25, 0.3) is 0 Å². The molecule has 4 nitrogen and oxygen atoms in total. The maximum Gasteiger partial charge on any atom is 0.213 e. The van der Waals surface area contributed by atoms with E-state index in [-0.39, 0.29) is 0 Å². The first kappa shape index (κ1) is 13.5. The summed E-state index contributed by atoms with van der Waals surface area (Å²) in [6.45, 7) is 4.28. The van der Waals surface area contributed by atoms with Crippen molar-refractivity contribution >= 4 is 17.4 Å². The molecule has 0 aliphatic rings. The SMILES string of the molecule is CSc1cccc(NCc2nc(C)c(C)o2)c1C#N. The van der Waals surface area contributed by atoms with Crippen LogP contribution in [0, 0.1) is 25.2 Å². The van der Waals surface area contributed by atoms with Gasteiger partial charge in [-0.1, -0.05) is 6.07 Å². The van der Waals surface area contributed by atoms with Gasteiger partial charge in [0.25, 0.3) is 0 Å². The number of nitriles is 1. The van der Waals surface area contributed by atoms with Gasteiger partial charge in [0.15, 0.2) is 0 Å². The molecule has 0 atom stereocenters. The second-order valence-electron chi connectivity index (χ2n) is 4.10. The molecule has 0 saturated carbocycles. The van der Waals surface area contributed by atoms with Crippen LogP contribution >= 0.6 is 11.8 Å². The van der Waals surface area contributed by atoms with Crippen molar-refractivity contribution in [3.8, 4) is 6.07 Å². The van der Waals surface area contributed by atoms with Crippen LogP contribution in [0.2, 0.25) is 0 Å². The van der Waals surface area contributed by atoms with E-state index < -0.39 is 0 Å². The maximum absolute atomic E-state index is 9.23. The van der Waals surface area contributed by atoms with E-state index >= 15 is 0 Å². The van der Waals surface area contributed by atoms with E-state index in [9.17, 15) is 5.26 Å². The van der Waals surface area contributed by atoms with Gasteiger partial charge in [-0.3, -0.25) is 0 Å². The molecule has 19 heavy (non-hydrogen) atoms. The molecule has 0 aliphatic carbocycles. The number of aryl methyl sites for hydroxylation is 2. The van der Waals surface area contributed by atoms with Crippen LogP contribution in [-0.2, 0) is 6.54 Å². The predicted molar refractivity (Wildman–Crippen MR) is 76.2 cm³/mol. The van der Waals surface area contributed by atoms with Crippen molar-refractivity contribution in [1.29, 1.82) is 5.26 Å². The van der Waals surface area contributed by atoms with Gasteiger partial charge in [-0.15, -0.1) is 11.8 Å². The zero-order valence-corrected chi connectivity index (χ0v) is 12.0. The molecular weight excluding hydrogens is 258 g/mol. The van der Waals surface area contributed by atoms with Gasteiger partial charge >= 0.3 is 0 Å². The van der Waals surface area contributed by atoms with Crippen LogP contribution in [0.5, 0.6) is 0 Å². The molecule has 1 aromatic heterocycles. The lowest BCUT2D eigenvalue weighted by molar-refractivity contribution is 0.478. The van der Waals surface area contributed by atoms with Gasteiger partial charge in [-0.25, -0.2) is 4.98 Å². The highest BCUT2D eigenvalue weighted by Gasteiger charge is 2.09. The van der Waals surface area contributed by atoms with Crippen LogP contribution < -0.4 is 5.32 Å². The molecule has 0 saturated heterocycles. The molecule has 1 N–H and O–H groups in total. The van der Waals surface area contributed by atoms with Crippen LogP contribution in [-0.4, -0.2) is 11.2 Å². The topological polar surface area (TPSA) is 61.9 Å². The van der Waals surface area contributed by atoms with Gasteiger partial charge in [0, 0.05) is 4.90 Å². The third kappa shape index (κ3) is 2.91. The molecule has 0 fully saturated rings. The molecule has 2 aromatic rings. The van der Waals surface area contributed by atoms with Crippen molar-refractivity contribution in [3.05, 3.63) is 41.1 Å². The highest BCUT2D eigenvalue weighted by molar-refractivity contribution is 7.98. The summed E-state index contributed by atoms with van der Waals surface area (Å²) >= 11 is 1.56. The molecule has 0 bridgehead atoms. The monoisotopic (exact) mass is 273 g/mol. The molecule has 0 radical (unpaired) electrons. The maximum atomic E-state index is 9.23. The molecule has 1 aromatic carbocycles. The van der Waals surface area contributed by atoms with Crippen LogP contribution in [0.3, 0.4) is 0 Å². The van der Waals surface area contributed by atoms with Crippen LogP contribution in [0.15, 0.2) is 27.5 Å². The third-order valence-electron chi connectivity index (χ3n) is 2.86. The minimum absolute atomic E-state index is 0.473. The summed E-state index contributed by atoms with van der Waals surface area (Å²) < 4.78 is 5.50. The molecule has 2 rings (SSSR count). The lowest BCUT2D eigenvalue weighted by Gasteiger charge is -2.08. The summed E-state index contributed by atoms with van der Waals surface area (Å²) in [6, 6.07) is 7.99. The summed E-state index contributed by atoms with van der Waals surface area (Å²) in [5, 5.41) is 12.4. The fourth-order valence-electron chi connectivity index (χ4n) is 1.75. The van der Waals surface area contributed by atoms with Crippen molar-refractivity contribution in [3.63, 3.8) is 0 Å². The van der Waals surface area contributed by atoms with Gasteiger partial charge in [0.1, 0.15) is 11.8 Å². The molecule has 0 unspecified atom stereocenters. The standard InChI is InChI=1S/C14H15N3OS/c1-9-10(2)18-14(17-9)8-16-12-5-4-6-13(19-3)11(12)7-15/h4-6,16H,8H2,1-3H3. The summed E-state index contributed by atoms with van der Waals surface area (Å²) in [6.07, 6.45) is 1.96. The minimum atomic E-state index is 0.473. The Balaban J connectivity index is 2.18. The Morgan fingerprint density at radius 3 is 2.79 bits per heavy atom. The first-order chi connectivity index (χ1) is 9.15. The summed E-state index contributed by atoms with van der Waals surface area (Å²) in [5.74, 6) is 1.46. The molecule has 0 aliphatic heterocycles. The highest BCUT2D eigenvalue weighted by atomic mass is 32.2. The summed E-state index contributed by atoms with van der Waals surface area (Å²) in [5.41, 5.74) is 2.37. The second kappa shape index (κ2) is 5.81. The van der Waals surface area contributed by atoms with E-state index in [0.717, 1.165) is 22.0 Å². The number of oxazole rings is 1. The van der Waals surface area contributed by atoms with Gasteiger partial charge in [-0.05, 0) is 32.2 Å². The number of anilines is 1. The fourth-order valence-corrected chi connectivity index (χ4v) is 2.32. The van der Waals surface area contributed by atoms with Gasteiger partial charge in [0.05, 0.1) is 23.5 Å². The molecule has 0 amide bonds. The average molecular weight is 273 g/mol. The van der Waals surface area contributed by atoms with Crippen molar-refractivity contribution in [2.75, 3.05) is 11.6 Å². The van der Waals surface area contributed by atoms with E-state index in [4.69, 9.17) is 4.42 Å². The van der Waals surface area contributed by atoms with E-state index in [0.29, 0.717) is 18.0 Å². The number of hydrogen-bond acceptors (Lipinski definition) is 5. The first-order valence-corrected chi connectivity index (χ1v) is 7.12. The Morgan fingerprint density at radius 1 is 1.42 bits per heavy atom. The zero-order chi connectivity index (χ0) is 13.8. The van der Waals surface area contributed by atoms with E-state index in [2.05, 4.69) is 16.4 Å². The Labute approximate surface area is 116 Å². The number of hydrogen-bond donors (Lipinski definition) is 1. The van der Waals surface area contributed by atoms with Crippen LogP contribution in [0.4, 0.5) is 5.69 Å². The Morgan fingerprint density at radius 2 is 2.21 bits per heavy atom. The lowest BCUT2D eigenvalue weighted by Crippen LogP contribution is -2.02. The molecule has 5 heteroatoms.